The highest BCUT2D eigenvalue weighted by atomic mass is 16.3. The standard InChI is InChI=1S/C62H40N2O/c1-3-12-41(13-4-1)43-24-30-49(31-25-43)63(50-32-26-44(27-33-50)42-14-5-2-6-15-42)51-34-36-53-48(39-51)23-22-47-38-45(28-35-52(47)53)46-29-37-59-57(40-46)54-16-7-9-19-58(54)64(59)60-20-11-18-56-55-17-8-10-21-61(55)65-62(56)60/h1-40H. The minimum absolute atomic E-state index is 0.900. The second kappa shape index (κ2) is 15.0. The predicted molar refractivity (Wildman–Crippen MR) is 274 cm³/mol. The molecular formula is C62H40N2O. The van der Waals surface area contributed by atoms with Crippen LogP contribution in [-0.2, 0) is 0 Å². The van der Waals surface area contributed by atoms with Crippen LogP contribution in [-0.4, -0.2) is 4.57 Å². The molecule has 0 spiro atoms. The maximum absolute atomic E-state index is 6.54. The first-order chi connectivity index (χ1) is 32.2. The third kappa shape index (κ3) is 6.20. The molecule has 13 rings (SSSR count). The van der Waals surface area contributed by atoms with Crippen molar-refractivity contribution in [2.24, 2.45) is 0 Å². The fourth-order valence-electron chi connectivity index (χ4n) is 10.0. The zero-order valence-corrected chi connectivity index (χ0v) is 35.4. The van der Waals surface area contributed by atoms with E-state index in [4.69, 9.17) is 4.42 Å². The van der Waals surface area contributed by atoms with Crippen LogP contribution in [0.4, 0.5) is 17.1 Å². The molecule has 0 aliphatic rings. The molecule has 0 amide bonds. The predicted octanol–water partition coefficient (Wildman–Crippen LogP) is 17.5. The molecule has 65 heavy (non-hydrogen) atoms. The van der Waals surface area contributed by atoms with Crippen molar-refractivity contribution in [1.82, 2.24) is 4.57 Å². The Morgan fingerprint density at radius 1 is 0.292 bits per heavy atom. The molecule has 0 saturated heterocycles. The molecule has 3 nitrogen and oxygen atoms in total. The first-order valence-electron chi connectivity index (χ1n) is 22.2. The highest BCUT2D eigenvalue weighted by molar-refractivity contribution is 6.14. The molecule has 0 N–H and O–H groups in total. The molecule has 0 saturated carbocycles. The molecule has 304 valence electrons. The van der Waals surface area contributed by atoms with Gasteiger partial charge in [0.25, 0.3) is 0 Å². The van der Waals surface area contributed by atoms with Gasteiger partial charge in [0.15, 0.2) is 5.58 Å². The van der Waals surface area contributed by atoms with Crippen LogP contribution in [0.5, 0.6) is 0 Å². The summed E-state index contributed by atoms with van der Waals surface area (Å²) in [7, 11) is 0. The number of hydrogen-bond donors (Lipinski definition) is 0. The summed E-state index contributed by atoms with van der Waals surface area (Å²) in [6, 6.07) is 87.7. The summed E-state index contributed by atoms with van der Waals surface area (Å²) in [5.41, 5.74) is 15.7. The number of hydrogen-bond acceptors (Lipinski definition) is 2. The number of nitrogens with zero attached hydrogens (tertiary/aromatic N) is 2. The molecule has 13 aromatic rings. The van der Waals surface area contributed by atoms with Crippen LogP contribution < -0.4 is 4.90 Å². The fourth-order valence-corrected chi connectivity index (χ4v) is 10.0. The van der Waals surface area contributed by atoms with Gasteiger partial charge in [0.2, 0.25) is 0 Å². The lowest BCUT2D eigenvalue weighted by molar-refractivity contribution is 0.666. The van der Waals surface area contributed by atoms with Gasteiger partial charge in [0.1, 0.15) is 5.58 Å². The van der Waals surface area contributed by atoms with Crippen LogP contribution in [0.25, 0.3) is 104 Å². The lowest BCUT2D eigenvalue weighted by Gasteiger charge is -2.26. The van der Waals surface area contributed by atoms with E-state index in [9.17, 15) is 0 Å². The van der Waals surface area contributed by atoms with Gasteiger partial charge in [0, 0.05) is 38.6 Å². The average molecular weight is 829 g/mol. The summed E-state index contributed by atoms with van der Waals surface area (Å²) >= 11 is 0. The molecule has 0 aliphatic heterocycles. The fraction of sp³-hybridized carbons (Fsp3) is 0. The lowest BCUT2D eigenvalue weighted by atomic mass is 9.96. The van der Waals surface area contributed by atoms with Crippen molar-refractivity contribution in [3.8, 4) is 39.1 Å². The maximum Gasteiger partial charge on any atom is 0.159 e. The number of benzene rings is 11. The van der Waals surface area contributed by atoms with Crippen LogP contribution in [0.3, 0.4) is 0 Å². The van der Waals surface area contributed by atoms with Crippen molar-refractivity contribution < 1.29 is 4.42 Å². The zero-order valence-electron chi connectivity index (χ0n) is 35.4. The Morgan fingerprint density at radius 2 is 0.800 bits per heavy atom. The monoisotopic (exact) mass is 828 g/mol. The van der Waals surface area contributed by atoms with Crippen molar-refractivity contribution in [2.75, 3.05) is 4.90 Å². The second-order valence-electron chi connectivity index (χ2n) is 16.9. The van der Waals surface area contributed by atoms with Gasteiger partial charge in [-0.05, 0) is 128 Å². The summed E-state index contributed by atoms with van der Waals surface area (Å²) in [6.07, 6.45) is 0. The van der Waals surface area contributed by atoms with Crippen molar-refractivity contribution in [1.29, 1.82) is 0 Å². The van der Waals surface area contributed by atoms with Gasteiger partial charge >= 0.3 is 0 Å². The number of aromatic nitrogens is 1. The average Bonchev–Trinajstić information content (AvgIpc) is 3.93. The molecule has 0 radical (unpaired) electrons. The summed E-state index contributed by atoms with van der Waals surface area (Å²) < 4.78 is 8.90. The third-order valence-electron chi connectivity index (χ3n) is 13.2. The molecular weight excluding hydrogens is 789 g/mol. The molecule has 3 heteroatoms. The van der Waals surface area contributed by atoms with Gasteiger partial charge in [0.05, 0.1) is 16.7 Å². The van der Waals surface area contributed by atoms with Crippen molar-refractivity contribution >= 4 is 82.4 Å². The van der Waals surface area contributed by atoms with E-state index in [0.29, 0.717) is 0 Å². The quantitative estimate of drug-likeness (QED) is 0.149. The highest BCUT2D eigenvalue weighted by Crippen LogP contribution is 2.42. The Kier molecular flexibility index (Phi) is 8.53. The summed E-state index contributed by atoms with van der Waals surface area (Å²) in [6.45, 7) is 0. The molecule has 0 bridgehead atoms. The van der Waals surface area contributed by atoms with Gasteiger partial charge in [-0.15, -0.1) is 0 Å². The van der Waals surface area contributed by atoms with Crippen LogP contribution in [0.2, 0.25) is 0 Å². The van der Waals surface area contributed by atoms with Crippen LogP contribution in [0.15, 0.2) is 247 Å². The lowest BCUT2D eigenvalue weighted by Crippen LogP contribution is -2.09. The number of rotatable bonds is 7. The summed E-state index contributed by atoms with van der Waals surface area (Å²) in [5.74, 6) is 0. The number of fused-ring (bicyclic) bond motifs is 9. The normalized spacial score (nSPS) is 11.7. The third-order valence-corrected chi connectivity index (χ3v) is 13.2. The van der Waals surface area contributed by atoms with E-state index in [1.165, 1.54) is 65.7 Å². The Labute approximate surface area is 376 Å². The van der Waals surface area contributed by atoms with Gasteiger partial charge in [-0.25, -0.2) is 0 Å². The van der Waals surface area contributed by atoms with E-state index in [0.717, 1.165) is 55.7 Å². The molecule has 2 heterocycles. The molecule has 0 fully saturated rings. The minimum atomic E-state index is 0.900. The summed E-state index contributed by atoms with van der Waals surface area (Å²) in [5, 5.41) is 9.57. The second-order valence-corrected chi connectivity index (χ2v) is 16.9. The van der Waals surface area contributed by atoms with E-state index in [1.54, 1.807) is 0 Å². The van der Waals surface area contributed by atoms with Gasteiger partial charge < -0.3 is 13.9 Å². The number of para-hydroxylation sites is 3. The van der Waals surface area contributed by atoms with E-state index in [1.807, 2.05) is 6.07 Å². The van der Waals surface area contributed by atoms with Gasteiger partial charge in [-0.3, -0.25) is 0 Å². The van der Waals surface area contributed by atoms with E-state index < -0.39 is 0 Å². The Bertz CT molecular complexity index is 3840. The van der Waals surface area contributed by atoms with Crippen molar-refractivity contribution in [2.45, 2.75) is 0 Å². The van der Waals surface area contributed by atoms with E-state index in [2.05, 4.69) is 246 Å². The Hall–Kier alpha value is -8.66. The van der Waals surface area contributed by atoms with Crippen LogP contribution >= 0.6 is 0 Å². The van der Waals surface area contributed by atoms with E-state index >= 15 is 0 Å². The smallest absolute Gasteiger partial charge is 0.159 e. The molecule has 11 aromatic carbocycles. The first kappa shape index (κ1) is 36.9. The van der Waals surface area contributed by atoms with Gasteiger partial charge in [-0.2, -0.15) is 0 Å². The molecule has 0 atom stereocenters. The largest absolute Gasteiger partial charge is 0.454 e. The first-order valence-corrected chi connectivity index (χ1v) is 22.2. The van der Waals surface area contributed by atoms with Crippen molar-refractivity contribution in [3.63, 3.8) is 0 Å². The Morgan fingerprint density at radius 3 is 1.51 bits per heavy atom. The molecule has 2 aromatic heterocycles. The Balaban J connectivity index is 0.881. The SMILES string of the molecule is c1ccc(-c2ccc(N(c3ccc(-c4ccccc4)cc3)c3ccc4c(ccc5cc(-c6ccc7c(c6)c6ccccc6n7-c6cccc7c6oc6ccccc67)ccc54)c3)cc2)cc1. The molecule has 0 unspecified atom stereocenters. The maximum atomic E-state index is 6.54. The highest BCUT2D eigenvalue weighted by Gasteiger charge is 2.19. The zero-order chi connectivity index (χ0) is 42.8. The van der Waals surface area contributed by atoms with Gasteiger partial charge in [-0.1, -0.05) is 170 Å². The molecule has 0 aliphatic carbocycles. The minimum Gasteiger partial charge on any atom is -0.454 e. The number of anilines is 3. The van der Waals surface area contributed by atoms with Crippen LogP contribution in [0.1, 0.15) is 0 Å². The van der Waals surface area contributed by atoms with Crippen LogP contribution in [0, 0.1) is 0 Å². The van der Waals surface area contributed by atoms with Crippen molar-refractivity contribution in [3.05, 3.63) is 243 Å². The van der Waals surface area contributed by atoms with E-state index in [-0.39, 0.29) is 0 Å². The summed E-state index contributed by atoms with van der Waals surface area (Å²) in [4.78, 5) is 2.36. The topological polar surface area (TPSA) is 21.3 Å². The number of furan rings is 1.